The Kier molecular flexibility index (Phi) is 8.04. The second-order valence-corrected chi connectivity index (χ2v) is 12.1. The molecular weight excluding hydrogens is 513 g/mol. The zero-order chi connectivity index (χ0) is 26.9. The Morgan fingerprint density at radius 2 is 1.71 bits per heavy atom. The van der Waals surface area contributed by atoms with Crippen molar-refractivity contribution in [1.82, 2.24) is 9.80 Å². The van der Waals surface area contributed by atoms with E-state index in [1.807, 2.05) is 50.1 Å². The van der Waals surface area contributed by atoms with Crippen LogP contribution in [-0.4, -0.2) is 55.5 Å². The number of aryl methyl sites for hydroxylation is 2. The van der Waals surface area contributed by atoms with Crippen molar-refractivity contribution >= 4 is 34.8 Å². The Hall–Kier alpha value is -2.53. The zero-order valence-corrected chi connectivity index (χ0v) is 24.1. The van der Waals surface area contributed by atoms with Gasteiger partial charge in [0, 0.05) is 42.7 Å². The fourth-order valence-electron chi connectivity index (χ4n) is 6.31. The van der Waals surface area contributed by atoms with Crippen molar-refractivity contribution in [2.24, 2.45) is 0 Å². The number of amides is 1. The molecule has 0 aliphatic carbocycles. The molecule has 38 heavy (non-hydrogen) atoms. The first-order valence-corrected chi connectivity index (χ1v) is 14.3. The van der Waals surface area contributed by atoms with Gasteiger partial charge in [0.1, 0.15) is 0 Å². The number of carbonyl (C=O) groups excluding carboxylic acids is 1. The van der Waals surface area contributed by atoms with Crippen LogP contribution in [0.3, 0.4) is 0 Å². The Balaban J connectivity index is 1.27. The number of hydrogen-bond acceptors (Lipinski definition) is 3. The average molecular weight is 551 g/mol. The number of anilines is 1. The second-order valence-electron chi connectivity index (χ2n) is 11.2. The summed E-state index contributed by atoms with van der Waals surface area (Å²) in [5.41, 5.74) is 7.12. The van der Waals surface area contributed by atoms with Gasteiger partial charge in [-0.15, -0.1) is 0 Å². The van der Waals surface area contributed by atoms with E-state index < -0.39 is 0 Å². The molecule has 1 saturated heterocycles. The molecule has 0 saturated carbocycles. The fraction of sp³-hybridized carbons (Fsp3) is 0.406. The third kappa shape index (κ3) is 5.73. The monoisotopic (exact) mass is 549 g/mol. The van der Waals surface area contributed by atoms with Gasteiger partial charge >= 0.3 is 0 Å². The summed E-state index contributed by atoms with van der Waals surface area (Å²) in [5.74, 6) is 0.212. The molecule has 2 heterocycles. The molecule has 1 unspecified atom stereocenters. The van der Waals surface area contributed by atoms with E-state index in [1.165, 1.54) is 24.1 Å². The van der Waals surface area contributed by atoms with Gasteiger partial charge in [-0.3, -0.25) is 4.79 Å². The molecule has 3 aromatic rings. The van der Waals surface area contributed by atoms with Gasteiger partial charge in [-0.05, 0) is 94.2 Å². The molecule has 1 atom stereocenters. The summed E-state index contributed by atoms with van der Waals surface area (Å²) in [6.45, 7) is 8.89. The van der Waals surface area contributed by atoms with Gasteiger partial charge in [0.2, 0.25) is 0 Å². The van der Waals surface area contributed by atoms with Crippen molar-refractivity contribution in [2.75, 3.05) is 45.1 Å². The molecular formula is C32H37Cl2N3O. The van der Waals surface area contributed by atoms with Crippen LogP contribution in [0.25, 0.3) is 0 Å². The maximum absolute atomic E-state index is 13.3. The van der Waals surface area contributed by atoms with E-state index in [1.54, 1.807) is 0 Å². The lowest BCUT2D eigenvalue weighted by atomic mass is 9.74. The van der Waals surface area contributed by atoms with E-state index in [0.29, 0.717) is 16.6 Å². The average Bonchev–Trinajstić information content (AvgIpc) is 3.26. The molecule has 0 aromatic heterocycles. The van der Waals surface area contributed by atoms with E-state index in [2.05, 4.69) is 46.6 Å². The molecule has 1 fully saturated rings. The van der Waals surface area contributed by atoms with Gasteiger partial charge in [0.25, 0.3) is 5.91 Å². The molecule has 6 heteroatoms. The summed E-state index contributed by atoms with van der Waals surface area (Å²) in [5, 5.41) is 4.75. The van der Waals surface area contributed by atoms with Crippen LogP contribution in [0.2, 0.25) is 10.0 Å². The van der Waals surface area contributed by atoms with Crippen LogP contribution in [-0.2, 0) is 5.41 Å². The van der Waals surface area contributed by atoms with Crippen molar-refractivity contribution < 1.29 is 4.79 Å². The predicted molar refractivity (Wildman–Crippen MR) is 159 cm³/mol. The highest BCUT2D eigenvalue weighted by atomic mass is 35.5. The topological polar surface area (TPSA) is 35.6 Å². The highest BCUT2D eigenvalue weighted by molar-refractivity contribution is 6.42. The van der Waals surface area contributed by atoms with Gasteiger partial charge < -0.3 is 15.1 Å². The van der Waals surface area contributed by atoms with E-state index >= 15 is 0 Å². The van der Waals surface area contributed by atoms with Crippen molar-refractivity contribution in [3.8, 4) is 0 Å². The number of hydrogen-bond donors (Lipinski definition) is 1. The van der Waals surface area contributed by atoms with Crippen molar-refractivity contribution in [3.05, 3.63) is 98.5 Å². The largest absolute Gasteiger partial charge is 0.384 e. The highest BCUT2D eigenvalue weighted by Gasteiger charge is 2.41. The minimum absolute atomic E-state index is 0.0502. The summed E-state index contributed by atoms with van der Waals surface area (Å²) >= 11 is 12.7. The molecule has 0 radical (unpaired) electrons. The Labute approximate surface area is 236 Å². The lowest BCUT2D eigenvalue weighted by Crippen LogP contribution is -2.44. The van der Waals surface area contributed by atoms with E-state index in [9.17, 15) is 4.79 Å². The number of halogens is 2. The minimum atomic E-state index is 0.0502. The molecule has 1 N–H and O–H groups in total. The van der Waals surface area contributed by atoms with Gasteiger partial charge in [-0.25, -0.2) is 0 Å². The SMILES string of the molecule is Cc1cc(C)cc(C(=O)N(C)CC(CCN2CCC3(CC2)CNc2ccccc23)c2ccc(Cl)c(Cl)c2)c1. The third-order valence-electron chi connectivity index (χ3n) is 8.45. The number of para-hydroxylation sites is 1. The van der Waals surface area contributed by atoms with Crippen molar-refractivity contribution in [1.29, 1.82) is 0 Å². The van der Waals surface area contributed by atoms with Gasteiger partial charge in [0.15, 0.2) is 0 Å². The summed E-state index contributed by atoms with van der Waals surface area (Å²) in [7, 11) is 1.90. The number of nitrogens with one attached hydrogen (secondary N) is 1. The summed E-state index contributed by atoms with van der Waals surface area (Å²) in [6.07, 6.45) is 3.28. The quantitative estimate of drug-likeness (QED) is 0.335. The summed E-state index contributed by atoms with van der Waals surface area (Å²) < 4.78 is 0. The number of likely N-dealkylation sites (tertiary alicyclic amines) is 1. The van der Waals surface area contributed by atoms with Crippen LogP contribution in [0.15, 0.2) is 60.7 Å². The number of carbonyl (C=O) groups is 1. The standard InChI is InChI=1S/C32H37Cl2N3O/c1-22-16-23(2)18-26(17-22)31(38)36(3)20-25(24-8-9-28(33)29(34)19-24)10-13-37-14-11-32(12-15-37)21-35-30-7-5-4-6-27(30)32/h4-9,16-19,25,35H,10-15,20-21H2,1-3H3. The predicted octanol–water partition coefficient (Wildman–Crippen LogP) is 7.32. The minimum Gasteiger partial charge on any atom is -0.384 e. The normalized spacial score (nSPS) is 17.2. The molecule has 3 aromatic carbocycles. The highest BCUT2D eigenvalue weighted by Crippen LogP contribution is 2.44. The lowest BCUT2D eigenvalue weighted by Gasteiger charge is -2.40. The number of nitrogens with zero attached hydrogens (tertiary/aromatic N) is 2. The molecule has 2 aliphatic rings. The second kappa shape index (κ2) is 11.3. The van der Waals surface area contributed by atoms with Crippen molar-refractivity contribution in [3.63, 3.8) is 0 Å². The number of rotatable bonds is 7. The van der Waals surface area contributed by atoms with E-state index in [4.69, 9.17) is 23.2 Å². The van der Waals surface area contributed by atoms with E-state index in [0.717, 1.165) is 54.9 Å². The number of benzene rings is 3. The zero-order valence-electron chi connectivity index (χ0n) is 22.6. The molecule has 4 nitrogen and oxygen atoms in total. The van der Waals surface area contributed by atoms with Gasteiger partial charge in [0.05, 0.1) is 10.0 Å². The Morgan fingerprint density at radius 3 is 2.42 bits per heavy atom. The van der Waals surface area contributed by atoms with Crippen LogP contribution < -0.4 is 5.32 Å². The van der Waals surface area contributed by atoms with Crippen LogP contribution >= 0.6 is 23.2 Å². The van der Waals surface area contributed by atoms with Gasteiger partial charge in [-0.1, -0.05) is 64.7 Å². The summed E-state index contributed by atoms with van der Waals surface area (Å²) in [4.78, 5) is 17.8. The summed E-state index contributed by atoms with van der Waals surface area (Å²) in [6, 6.07) is 20.7. The molecule has 200 valence electrons. The van der Waals surface area contributed by atoms with Crippen LogP contribution in [0.5, 0.6) is 0 Å². The van der Waals surface area contributed by atoms with Gasteiger partial charge in [-0.2, -0.15) is 0 Å². The van der Waals surface area contributed by atoms with Crippen molar-refractivity contribution in [2.45, 2.75) is 44.4 Å². The van der Waals surface area contributed by atoms with E-state index in [-0.39, 0.29) is 17.2 Å². The molecule has 1 amide bonds. The third-order valence-corrected chi connectivity index (χ3v) is 9.19. The van der Waals surface area contributed by atoms with Crippen LogP contribution in [0, 0.1) is 13.8 Å². The van der Waals surface area contributed by atoms with Crippen LogP contribution in [0.4, 0.5) is 5.69 Å². The molecule has 0 bridgehead atoms. The Bertz CT molecular complexity index is 1300. The Morgan fingerprint density at radius 1 is 1.00 bits per heavy atom. The molecule has 1 spiro atoms. The number of piperidine rings is 1. The smallest absolute Gasteiger partial charge is 0.253 e. The first-order chi connectivity index (χ1) is 18.2. The maximum Gasteiger partial charge on any atom is 0.253 e. The molecule has 2 aliphatic heterocycles. The number of fused-ring (bicyclic) bond motifs is 2. The fourth-order valence-corrected chi connectivity index (χ4v) is 6.62. The van der Waals surface area contributed by atoms with Crippen LogP contribution in [0.1, 0.15) is 57.8 Å². The maximum atomic E-state index is 13.3. The first-order valence-electron chi connectivity index (χ1n) is 13.6. The lowest BCUT2D eigenvalue weighted by molar-refractivity contribution is 0.0780. The first kappa shape index (κ1) is 27.1. The number of likely N-dealkylation sites (N-methyl/N-ethyl adjacent to an activating group) is 1. The molecule has 5 rings (SSSR count).